The minimum absolute atomic E-state index is 0.196. The Bertz CT molecular complexity index is 778. The highest BCUT2D eigenvalue weighted by molar-refractivity contribution is 7.80. The maximum atomic E-state index is 12.3. The Labute approximate surface area is 164 Å². The molecule has 0 unspecified atom stereocenters. The van der Waals surface area contributed by atoms with E-state index in [9.17, 15) is 4.79 Å². The SMILES string of the molecule is C=CCOc1cccc(NC(=S)NC(=O)c2ccc(OCCOC)cc2)c1. The maximum Gasteiger partial charge on any atom is 0.257 e. The summed E-state index contributed by atoms with van der Waals surface area (Å²) in [4.78, 5) is 12.3. The third-order valence-corrected chi connectivity index (χ3v) is 3.56. The summed E-state index contributed by atoms with van der Waals surface area (Å²) in [5.74, 6) is 1.04. The van der Waals surface area contributed by atoms with Crippen molar-refractivity contribution in [3.63, 3.8) is 0 Å². The van der Waals surface area contributed by atoms with Gasteiger partial charge in [0.05, 0.1) is 6.61 Å². The lowest BCUT2D eigenvalue weighted by Gasteiger charge is -2.11. The molecular weight excluding hydrogens is 364 g/mol. The lowest BCUT2D eigenvalue weighted by molar-refractivity contribution is 0.0977. The third kappa shape index (κ3) is 7.08. The van der Waals surface area contributed by atoms with E-state index in [0.717, 1.165) is 0 Å². The van der Waals surface area contributed by atoms with Gasteiger partial charge in [-0.05, 0) is 48.6 Å². The molecule has 0 spiro atoms. The predicted octanol–water partition coefficient (Wildman–Crippen LogP) is 3.40. The molecule has 6 nitrogen and oxygen atoms in total. The lowest BCUT2D eigenvalue weighted by atomic mass is 10.2. The topological polar surface area (TPSA) is 68.8 Å². The van der Waals surface area contributed by atoms with Gasteiger partial charge in [-0.15, -0.1) is 0 Å². The Kier molecular flexibility index (Phi) is 8.28. The second-order valence-electron chi connectivity index (χ2n) is 5.40. The Morgan fingerprint density at radius 1 is 1.11 bits per heavy atom. The smallest absolute Gasteiger partial charge is 0.257 e. The molecule has 2 aromatic carbocycles. The molecule has 0 aliphatic carbocycles. The number of thiocarbonyl (C=S) groups is 1. The fraction of sp³-hybridized carbons (Fsp3) is 0.200. The molecular formula is C20H22N2O4S. The number of rotatable bonds is 9. The van der Waals surface area contributed by atoms with Crippen molar-refractivity contribution in [1.82, 2.24) is 5.32 Å². The first-order valence-electron chi connectivity index (χ1n) is 8.30. The summed E-state index contributed by atoms with van der Waals surface area (Å²) in [6.07, 6.45) is 1.67. The summed E-state index contributed by atoms with van der Waals surface area (Å²) >= 11 is 5.20. The van der Waals surface area contributed by atoms with Crippen LogP contribution in [0, 0.1) is 0 Å². The molecule has 0 saturated heterocycles. The number of carbonyl (C=O) groups excluding carboxylic acids is 1. The molecule has 2 aromatic rings. The molecule has 0 saturated carbocycles. The molecule has 1 amide bonds. The van der Waals surface area contributed by atoms with Crippen LogP contribution in [0.25, 0.3) is 0 Å². The van der Waals surface area contributed by atoms with Crippen LogP contribution in [0.4, 0.5) is 5.69 Å². The highest BCUT2D eigenvalue weighted by Crippen LogP contribution is 2.17. The minimum Gasteiger partial charge on any atom is -0.491 e. The zero-order valence-electron chi connectivity index (χ0n) is 15.1. The van der Waals surface area contributed by atoms with E-state index < -0.39 is 0 Å². The van der Waals surface area contributed by atoms with Crippen LogP contribution in [0.5, 0.6) is 11.5 Å². The Morgan fingerprint density at radius 3 is 2.59 bits per heavy atom. The van der Waals surface area contributed by atoms with Gasteiger partial charge in [-0.2, -0.15) is 0 Å². The van der Waals surface area contributed by atoms with Crippen LogP contribution in [0.3, 0.4) is 0 Å². The largest absolute Gasteiger partial charge is 0.491 e. The van der Waals surface area contributed by atoms with Crippen LogP contribution in [0.2, 0.25) is 0 Å². The number of nitrogens with one attached hydrogen (secondary N) is 2. The number of anilines is 1. The molecule has 0 fully saturated rings. The molecule has 2 rings (SSSR count). The lowest BCUT2D eigenvalue weighted by Crippen LogP contribution is -2.34. The second-order valence-corrected chi connectivity index (χ2v) is 5.81. The molecule has 0 aliphatic rings. The molecule has 27 heavy (non-hydrogen) atoms. The van der Waals surface area contributed by atoms with E-state index in [1.165, 1.54) is 0 Å². The average molecular weight is 386 g/mol. The Balaban J connectivity index is 1.87. The standard InChI is InChI=1S/C20H22N2O4S/c1-3-11-25-18-6-4-5-16(14-18)21-20(27)22-19(23)15-7-9-17(10-8-15)26-13-12-24-2/h3-10,14H,1,11-13H2,2H3,(H2,21,22,23,27). The first-order chi connectivity index (χ1) is 13.1. The van der Waals surface area contributed by atoms with E-state index in [4.69, 9.17) is 26.4 Å². The molecule has 142 valence electrons. The van der Waals surface area contributed by atoms with Gasteiger partial charge < -0.3 is 19.5 Å². The van der Waals surface area contributed by atoms with Crippen LogP contribution in [-0.2, 0) is 4.74 Å². The van der Waals surface area contributed by atoms with Crippen molar-refractivity contribution >= 4 is 28.9 Å². The van der Waals surface area contributed by atoms with Gasteiger partial charge in [0.1, 0.15) is 24.7 Å². The molecule has 0 radical (unpaired) electrons. The van der Waals surface area contributed by atoms with Gasteiger partial charge in [0, 0.05) is 24.4 Å². The second kappa shape index (κ2) is 10.9. The zero-order valence-corrected chi connectivity index (χ0v) is 15.9. The van der Waals surface area contributed by atoms with E-state index >= 15 is 0 Å². The summed E-state index contributed by atoms with van der Waals surface area (Å²) in [5, 5.41) is 5.80. The van der Waals surface area contributed by atoms with Gasteiger partial charge in [-0.3, -0.25) is 10.1 Å². The number of methoxy groups -OCH3 is 1. The fourth-order valence-corrected chi connectivity index (χ4v) is 2.31. The van der Waals surface area contributed by atoms with Crippen LogP contribution in [-0.4, -0.2) is 38.0 Å². The van der Waals surface area contributed by atoms with Gasteiger partial charge in [0.15, 0.2) is 5.11 Å². The fourth-order valence-electron chi connectivity index (χ4n) is 2.10. The number of benzene rings is 2. The highest BCUT2D eigenvalue weighted by Gasteiger charge is 2.08. The first-order valence-corrected chi connectivity index (χ1v) is 8.71. The molecule has 0 heterocycles. The van der Waals surface area contributed by atoms with E-state index in [1.807, 2.05) is 18.2 Å². The van der Waals surface area contributed by atoms with Crippen molar-refractivity contribution in [2.45, 2.75) is 0 Å². The van der Waals surface area contributed by atoms with Crippen LogP contribution >= 0.6 is 12.2 Å². The normalized spacial score (nSPS) is 9.96. The third-order valence-electron chi connectivity index (χ3n) is 3.36. The van der Waals surface area contributed by atoms with E-state index in [2.05, 4.69) is 17.2 Å². The Hall–Kier alpha value is -2.90. The number of hydrogen-bond acceptors (Lipinski definition) is 5. The van der Waals surface area contributed by atoms with Gasteiger partial charge >= 0.3 is 0 Å². The van der Waals surface area contributed by atoms with Crippen LogP contribution < -0.4 is 20.1 Å². The average Bonchev–Trinajstić information content (AvgIpc) is 2.67. The van der Waals surface area contributed by atoms with Gasteiger partial charge in [-0.1, -0.05) is 18.7 Å². The summed E-state index contributed by atoms with van der Waals surface area (Å²) in [6.45, 7) is 4.97. The summed E-state index contributed by atoms with van der Waals surface area (Å²) in [7, 11) is 1.61. The van der Waals surface area contributed by atoms with Crippen molar-refractivity contribution in [2.24, 2.45) is 0 Å². The number of ether oxygens (including phenoxy) is 3. The van der Waals surface area contributed by atoms with Crippen molar-refractivity contribution in [2.75, 3.05) is 32.2 Å². The minimum atomic E-state index is -0.310. The van der Waals surface area contributed by atoms with Gasteiger partial charge in [0.25, 0.3) is 5.91 Å². The monoisotopic (exact) mass is 386 g/mol. The van der Waals surface area contributed by atoms with Crippen molar-refractivity contribution in [1.29, 1.82) is 0 Å². The number of amides is 1. The number of carbonyl (C=O) groups is 1. The predicted molar refractivity (Wildman–Crippen MR) is 110 cm³/mol. The molecule has 0 aliphatic heterocycles. The number of hydrogen-bond donors (Lipinski definition) is 2. The molecule has 2 N–H and O–H groups in total. The quantitative estimate of drug-likeness (QED) is 0.391. The maximum absolute atomic E-state index is 12.3. The summed E-state index contributed by atoms with van der Waals surface area (Å²) in [5.41, 5.74) is 1.19. The first kappa shape index (κ1) is 20.4. The van der Waals surface area contributed by atoms with Gasteiger partial charge in [0.2, 0.25) is 0 Å². The van der Waals surface area contributed by atoms with Gasteiger partial charge in [-0.25, -0.2) is 0 Å². The Morgan fingerprint density at radius 2 is 1.89 bits per heavy atom. The van der Waals surface area contributed by atoms with E-state index in [-0.39, 0.29) is 11.0 Å². The summed E-state index contributed by atoms with van der Waals surface area (Å²) in [6, 6.07) is 14.1. The highest BCUT2D eigenvalue weighted by atomic mass is 32.1. The van der Waals surface area contributed by atoms with Crippen molar-refractivity contribution in [3.05, 3.63) is 66.7 Å². The molecule has 7 heteroatoms. The van der Waals surface area contributed by atoms with E-state index in [1.54, 1.807) is 43.5 Å². The summed E-state index contributed by atoms with van der Waals surface area (Å²) < 4.78 is 15.9. The van der Waals surface area contributed by atoms with Crippen molar-refractivity contribution in [3.8, 4) is 11.5 Å². The zero-order chi connectivity index (χ0) is 19.5. The van der Waals surface area contributed by atoms with E-state index in [0.29, 0.717) is 42.6 Å². The molecule has 0 atom stereocenters. The van der Waals surface area contributed by atoms with Crippen LogP contribution in [0.15, 0.2) is 61.2 Å². The molecule has 0 bridgehead atoms. The molecule has 0 aromatic heterocycles. The van der Waals surface area contributed by atoms with Crippen molar-refractivity contribution < 1.29 is 19.0 Å². The van der Waals surface area contributed by atoms with Crippen LogP contribution in [0.1, 0.15) is 10.4 Å².